The van der Waals surface area contributed by atoms with Gasteiger partial charge in [-0.25, -0.2) is 0 Å². The van der Waals surface area contributed by atoms with Crippen molar-refractivity contribution in [2.24, 2.45) is 0 Å². The van der Waals surface area contributed by atoms with Gasteiger partial charge in [-0.15, -0.1) is 11.3 Å². The first-order valence-corrected chi connectivity index (χ1v) is 5.69. The minimum absolute atomic E-state index is 0.114. The number of halogens is 2. The highest BCUT2D eigenvalue weighted by Crippen LogP contribution is 2.33. The predicted molar refractivity (Wildman–Crippen MR) is 58.9 cm³/mol. The van der Waals surface area contributed by atoms with Crippen molar-refractivity contribution in [3.63, 3.8) is 0 Å². The first kappa shape index (κ1) is 9.16. The molecule has 0 aliphatic carbocycles. The topological polar surface area (TPSA) is 0 Å². The average molecular weight is 259 g/mol. The Morgan fingerprint density at radius 1 is 1.46 bits per heavy atom. The van der Waals surface area contributed by atoms with Crippen molar-refractivity contribution in [2.75, 3.05) is 0 Å². The van der Waals surface area contributed by atoms with Crippen molar-refractivity contribution in [1.82, 2.24) is 0 Å². The Bertz CT molecular complexity index is 447. The van der Waals surface area contributed by atoms with Gasteiger partial charge in [0, 0.05) is 14.6 Å². The zero-order chi connectivity index (χ0) is 9.42. The molecule has 0 fully saturated rings. The predicted octanol–water partition coefficient (Wildman–Crippen LogP) is 4.37. The average Bonchev–Trinajstić information content (AvgIpc) is 2.48. The fourth-order valence-electron chi connectivity index (χ4n) is 1.39. The summed E-state index contributed by atoms with van der Waals surface area (Å²) in [6.45, 7) is 2.08. The van der Waals surface area contributed by atoms with E-state index in [2.05, 4.69) is 22.9 Å². The molecule has 0 saturated heterocycles. The Labute approximate surface area is 88.5 Å². The maximum absolute atomic E-state index is 13.0. The number of hydrogen-bond acceptors (Lipinski definition) is 1. The highest BCUT2D eigenvalue weighted by Gasteiger charge is 2.07. The molecule has 13 heavy (non-hydrogen) atoms. The number of rotatable bonds is 1. The second-order valence-electron chi connectivity index (χ2n) is 2.85. The molecule has 1 heterocycles. The van der Waals surface area contributed by atoms with Crippen molar-refractivity contribution in [2.45, 2.75) is 13.3 Å². The van der Waals surface area contributed by atoms with Crippen LogP contribution in [-0.2, 0) is 6.42 Å². The van der Waals surface area contributed by atoms with Crippen LogP contribution in [0.2, 0.25) is 0 Å². The fraction of sp³-hybridized carbons (Fsp3) is 0.200. The SMILES string of the molecule is CCc1ccc(Br)c2cc(F)sc12. The normalized spacial score (nSPS) is 11.0. The molecule has 68 valence electrons. The summed E-state index contributed by atoms with van der Waals surface area (Å²) in [7, 11) is 0. The van der Waals surface area contributed by atoms with Crippen LogP contribution in [0.5, 0.6) is 0 Å². The summed E-state index contributed by atoms with van der Waals surface area (Å²) in [6, 6.07) is 5.61. The third-order valence-electron chi connectivity index (χ3n) is 2.06. The third kappa shape index (κ3) is 1.51. The van der Waals surface area contributed by atoms with Crippen LogP contribution in [0.15, 0.2) is 22.7 Å². The quantitative estimate of drug-likeness (QED) is 0.713. The van der Waals surface area contributed by atoms with Gasteiger partial charge in [-0.05, 0) is 24.1 Å². The van der Waals surface area contributed by atoms with Gasteiger partial charge in [0.1, 0.15) is 0 Å². The molecule has 0 nitrogen and oxygen atoms in total. The van der Waals surface area contributed by atoms with E-state index in [0.29, 0.717) is 0 Å². The fourth-order valence-corrected chi connectivity index (χ4v) is 2.96. The van der Waals surface area contributed by atoms with Crippen LogP contribution in [-0.4, -0.2) is 0 Å². The van der Waals surface area contributed by atoms with Crippen LogP contribution in [0.4, 0.5) is 4.39 Å². The highest BCUT2D eigenvalue weighted by molar-refractivity contribution is 9.10. The van der Waals surface area contributed by atoms with Gasteiger partial charge in [0.25, 0.3) is 0 Å². The molecule has 0 bridgehead atoms. The van der Waals surface area contributed by atoms with Crippen LogP contribution in [0.3, 0.4) is 0 Å². The molecule has 0 N–H and O–H groups in total. The van der Waals surface area contributed by atoms with Crippen LogP contribution >= 0.6 is 27.3 Å². The van der Waals surface area contributed by atoms with Crippen molar-refractivity contribution in [3.05, 3.63) is 33.4 Å². The van der Waals surface area contributed by atoms with E-state index < -0.39 is 0 Å². The Morgan fingerprint density at radius 2 is 2.23 bits per heavy atom. The Kier molecular flexibility index (Phi) is 2.39. The van der Waals surface area contributed by atoms with E-state index in [0.717, 1.165) is 21.0 Å². The lowest BCUT2D eigenvalue weighted by atomic mass is 10.1. The Hall–Kier alpha value is -0.410. The number of aryl methyl sites for hydroxylation is 1. The van der Waals surface area contributed by atoms with E-state index in [1.807, 2.05) is 12.1 Å². The summed E-state index contributed by atoms with van der Waals surface area (Å²) in [5.74, 6) is 0. The molecular weight excluding hydrogens is 251 g/mol. The van der Waals surface area contributed by atoms with Crippen LogP contribution in [0.1, 0.15) is 12.5 Å². The van der Waals surface area contributed by atoms with Gasteiger partial charge in [0.05, 0.1) is 0 Å². The molecular formula is C10H8BrFS. The molecule has 0 atom stereocenters. The van der Waals surface area contributed by atoms with Gasteiger partial charge in [-0.3, -0.25) is 0 Å². The molecule has 0 aliphatic heterocycles. The molecule has 1 aromatic carbocycles. The highest BCUT2D eigenvalue weighted by atomic mass is 79.9. The zero-order valence-corrected chi connectivity index (χ0v) is 9.51. The molecule has 0 radical (unpaired) electrons. The molecule has 3 heteroatoms. The van der Waals surface area contributed by atoms with E-state index in [1.165, 1.54) is 16.9 Å². The van der Waals surface area contributed by atoms with Crippen molar-refractivity contribution in [1.29, 1.82) is 0 Å². The second-order valence-corrected chi connectivity index (χ2v) is 4.71. The first-order chi connectivity index (χ1) is 6.22. The van der Waals surface area contributed by atoms with Gasteiger partial charge in [0.15, 0.2) is 5.13 Å². The second kappa shape index (κ2) is 3.39. The number of hydrogen-bond donors (Lipinski definition) is 0. The molecule has 0 unspecified atom stereocenters. The van der Waals surface area contributed by atoms with E-state index in [4.69, 9.17) is 0 Å². The maximum atomic E-state index is 13.0. The van der Waals surface area contributed by atoms with Crippen molar-refractivity contribution < 1.29 is 4.39 Å². The van der Waals surface area contributed by atoms with Gasteiger partial charge in [-0.1, -0.05) is 28.9 Å². The molecule has 1 aromatic heterocycles. The minimum Gasteiger partial charge on any atom is -0.195 e. The molecule has 0 aliphatic rings. The smallest absolute Gasteiger partial charge is 0.177 e. The standard InChI is InChI=1S/C10H8BrFS/c1-2-6-3-4-8(11)7-5-9(12)13-10(6)7/h3-5H,2H2,1H3. The lowest BCUT2D eigenvalue weighted by molar-refractivity contribution is 0.658. The summed E-state index contributed by atoms with van der Waals surface area (Å²) in [5.41, 5.74) is 1.21. The molecule has 0 saturated carbocycles. The van der Waals surface area contributed by atoms with E-state index >= 15 is 0 Å². The Morgan fingerprint density at radius 3 is 2.92 bits per heavy atom. The monoisotopic (exact) mass is 258 g/mol. The zero-order valence-electron chi connectivity index (χ0n) is 7.10. The molecule has 0 spiro atoms. The van der Waals surface area contributed by atoms with E-state index in [1.54, 1.807) is 6.07 Å². The molecule has 0 amide bonds. The molecule has 2 aromatic rings. The third-order valence-corrected chi connectivity index (χ3v) is 3.75. The van der Waals surface area contributed by atoms with Crippen molar-refractivity contribution >= 4 is 37.4 Å². The van der Waals surface area contributed by atoms with Gasteiger partial charge < -0.3 is 0 Å². The van der Waals surface area contributed by atoms with Crippen LogP contribution in [0, 0.1) is 5.13 Å². The van der Waals surface area contributed by atoms with E-state index in [-0.39, 0.29) is 5.13 Å². The summed E-state index contributed by atoms with van der Waals surface area (Å²) < 4.78 is 15.1. The van der Waals surface area contributed by atoms with Crippen molar-refractivity contribution in [3.8, 4) is 0 Å². The first-order valence-electron chi connectivity index (χ1n) is 4.08. The minimum atomic E-state index is -0.114. The summed E-state index contributed by atoms with van der Waals surface area (Å²) in [6.07, 6.45) is 0.948. The summed E-state index contributed by atoms with van der Waals surface area (Å²) >= 11 is 4.63. The number of fused-ring (bicyclic) bond motifs is 1. The summed E-state index contributed by atoms with van der Waals surface area (Å²) in [5, 5.41) is 0.874. The van der Waals surface area contributed by atoms with Crippen LogP contribution < -0.4 is 0 Å². The number of benzene rings is 1. The number of thiophene rings is 1. The summed E-state index contributed by atoms with van der Waals surface area (Å²) in [4.78, 5) is 0. The van der Waals surface area contributed by atoms with E-state index in [9.17, 15) is 4.39 Å². The lowest BCUT2D eigenvalue weighted by Crippen LogP contribution is -1.79. The van der Waals surface area contributed by atoms with Gasteiger partial charge in [0.2, 0.25) is 0 Å². The van der Waals surface area contributed by atoms with Gasteiger partial charge >= 0.3 is 0 Å². The lowest BCUT2D eigenvalue weighted by Gasteiger charge is -1.99. The largest absolute Gasteiger partial charge is 0.195 e. The maximum Gasteiger partial charge on any atom is 0.177 e. The van der Waals surface area contributed by atoms with Gasteiger partial charge in [-0.2, -0.15) is 4.39 Å². The Balaban J connectivity index is 2.83. The molecule has 2 rings (SSSR count). The van der Waals surface area contributed by atoms with Crippen LogP contribution in [0.25, 0.3) is 10.1 Å².